The Morgan fingerprint density at radius 2 is 1.41 bits per heavy atom. The molecule has 1 fully saturated rings. The molecule has 4 amide bonds. The van der Waals surface area contributed by atoms with E-state index in [0.29, 0.717) is 30.8 Å². The number of carboxylic acid groups (broad SMARTS) is 1. The van der Waals surface area contributed by atoms with Crippen molar-refractivity contribution in [2.75, 3.05) is 39.4 Å². The summed E-state index contributed by atoms with van der Waals surface area (Å²) in [5.74, 6) is -4.33. The number of hydrogen-bond acceptors (Lipinski definition) is 9. The second-order valence-electron chi connectivity index (χ2n) is 13.0. The van der Waals surface area contributed by atoms with Gasteiger partial charge in [-0.1, -0.05) is 66.7 Å². The van der Waals surface area contributed by atoms with Crippen molar-refractivity contribution in [3.8, 4) is 5.75 Å². The number of morpholine rings is 1. The van der Waals surface area contributed by atoms with E-state index >= 15 is 0 Å². The smallest absolute Gasteiger partial charge is 0.322 e. The van der Waals surface area contributed by atoms with Crippen LogP contribution in [0, 0.1) is 0 Å². The zero-order valence-electron chi connectivity index (χ0n) is 29.9. The van der Waals surface area contributed by atoms with E-state index in [1.807, 2.05) is 60.7 Å². The predicted molar refractivity (Wildman–Crippen MR) is 199 cm³/mol. The third-order valence-corrected chi connectivity index (χ3v) is 9.14. The molecule has 0 saturated carbocycles. The monoisotopic (exact) mass is 740 g/mol. The maximum absolute atomic E-state index is 13.9. The fraction of sp³-hybridized carbons (Fsp3) is 0.333. The first-order valence-electron chi connectivity index (χ1n) is 17.6. The number of amides is 4. The van der Waals surface area contributed by atoms with Crippen LogP contribution in [0.4, 0.5) is 0 Å². The number of aromatic nitrogens is 1. The van der Waals surface area contributed by atoms with Crippen LogP contribution in [0.5, 0.6) is 5.75 Å². The fourth-order valence-electron chi connectivity index (χ4n) is 6.19. The second kappa shape index (κ2) is 18.6. The molecule has 54 heavy (non-hydrogen) atoms. The summed E-state index contributed by atoms with van der Waals surface area (Å²) in [4.78, 5) is 79.5. The Labute approximate surface area is 311 Å². The van der Waals surface area contributed by atoms with Gasteiger partial charge in [0.1, 0.15) is 29.9 Å². The number of carbonyl (C=O) groups excluding carboxylic acids is 4. The molecule has 4 aromatic rings. The van der Waals surface area contributed by atoms with E-state index in [0.717, 1.165) is 28.8 Å². The van der Waals surface area contributed by atoms with Gasteiger partial charge in [-0.3, -0.25) is 33.7 Å². The largest absolute Gasteiger partial charge is 0.506 e. The molecule has 0 spiro atoms. The molecule has 1 aliphatic rings. The first-order chi connectivity index (χ1) is 26.0. The Bertz CT molecular complexity index is 2030. The van der Waals surface area contributed by atoms with E-state index in [-0.39, 0.29) is 37.1 Å². The minimum atomic E-state index is -1.32. The van der Waals surface area contributed by atoms with Crippen LogP contribution >= 0.6 is 0 Å². The van der Waals surface area contributed by atoms with Crippen LogP contribution in [0.1, 0.15) is 33.5 Å². The predicted octanol–water partition coefficient (Wildman–Crippen LogP) is 0.852. The summed E-state index contributed by atoms with van der Waals surface area (Å²) >= 11 is 0. The molecule has 5 rings (SSSR count). The number of aryl methyl sites for hydroxylation is 1. The van der Waals surface area contributed by atoms with Gasteiger partial charge in [-0.25, -0.2) is 0 Å². The Morgan fingerprint density at radius 1 is 0.796 bits per heavy atom. The van der Waals surface area contributed by atoms with Gasteiger partial charge in [0.2, 0.25) is 17.7 Å². The van der Waals surface area contributed by atoms with Crippen LogP contribution in [0.3, 0.4) is 0 Å². The van der Waals surface area contributed by atoms with Gasteiger partial charge in [-0.05, 0) is 28.8 Å². The zero-order chi connectivity index (χ0) is 38.6. The van der Waals surface area contributed by atoms with Gasteiger partial charge in [0.25, 0.3) is 11.5 Å². The highest BCUT2D eigenvalue weighted by molar-refractivity contribution is 6.03. The van der Waals surface area contributed by atoms with Gasteiger partial charge in [0.05, 0.1) is 18.7 Å². The third-order valence-electron chi connectivity index (χ3n) is 9.14. The first-order valence-corrected chi connectivity index (χ1v) is 17.6. The van der Waals surface area contributed by atoms with E-state index in [2.05, 4.69) is 26.2 Å². The van der Waals surface area contributed by atoms with Gasteiger partial charge in [0.15, 0.2) is 0 Å². The topological polar surface area (TPSA) is 208 Å². The molecule has 2 atom stereocenters. The number of rotatable bonds is 16. The molecule has 2 heterocycles. The highest BCUT2D eigenvalue weighted by atomic mass is 16.5. The maximum atomic E-state index is 13.9. The molecule has 284 valence electrons. The summed E-state index contributed by atoms with van der Waals surface area (Å²) < 4.78 is 6.55. The average Bonchev–Trinajstić information content (AvgIpc) is 3.18. The van der Waals surface area contributed by atoms with E-state index in [4.69, 9.17) is 9.84 Å². The van der Waals surface area contributed by atoms with Crippen LogP contribution in [0.25, 0.3) is 10.9 Å². The number of pyridine rings is 1. The van der Waals surface area contributed by atoms with Crippen molar-refractivity contribution < 1.29 is 38.9 Å². The number of fused-ring (bicyclic) bond motifs is 1. The lowest BCUT2D eigenvalue weighted by atomic mass is 10.0. The summed E-state index contributed by atoms with van der Waals surface area (Å²) in [5, 5.41) is 30.7. The number of aromatic hydroxyl groups is 1. The lowest BCUT2D eigenvalue weighted by Gasteiger charge is -2.27. The van der Waals surface area contributed by atoms with Crippen LogP contribution in [0.2, 0.25) is 0 Å². The normalized spacial score (nSPS) is 14.1. The number of ether oxygens (including phenoxy) is 1. The van der Waals surface area contributed by atoms with Crippen LogP contribution < -0.4 is 26.8 Å². The summed E-state index contributed by atoms with van der Waals surface area (Å²) in [6.07, 6.45) is 0.544. The van der Waals surface area contributed by atoms with Crippen molar-refractivity contribution in [3.05, 3.63) is 111 Å². The highest BCUT2D eigenvalue weighted by Gasteiger charge is 2.28. The summed E-state index contributed by atoms with van der Waals surface area (Å²) in [6, 6.07) is 21.1. The maximum Gasteiger partial charge on any atom is 0.322 e. The van der Waals surface area contributed by atoms with Crippen LogP contribution in [-0.4, -0.2) is 101 Å². The molecule has 0 bridgehead atoms. The molecule has 3 aromatic carbocycles. The van der Waals surface area contributed by atoms with Crippen molar-refractivity contribution in [1.82, 2.24) is 30.7 Å². The van der Waals surface area contributed by atoms with E-state index in [1.54, 1.807) is 12.1 Å². The van der Waals surface area contributed by atoms with Gasteiger partial charge in [0, 0.05) is 57.9 Å². The average molecular weight is 741 g/mol. The minimum absolute atomic E-state index is 0.0511. The van der Waals surface area contributed by atoms with Crippen molar-refractivity contribution in [1.29, 1.82) is 0 Å². The standard InChI is InChI=1S/C39H44N6O9/c1-44-31-13-12-27(20-28(31)35(49)34(39(44)53)38(52)41-24-33(47)48)23-40-36(50)29(21-25-8-4-2-5-9-25)43-37(51)30(22-26-10-6-3-7-11-26)42-32(46)14-15-45-16-18-54-19-17-45/h2-13,20,29-30,49H,14-19,21-24H2,1H3,(H,40,50)(H,41,52)(H,42,46)(H,43,51)(H,47,48)/t29-,30-/m1/s1. The molecule has 6 N–H and O–H groups in total. The summed E-state index contributed by atoms with van der Waals surface area (Å²) in [7, 11) is 1.41. The second-order valence-corrected chi connectivity index (χ2v) is 13.0. The Balaban J connectivity index is 1.33. The van der Waals surface area contributed by atoms with Crippen LogP contribution in [-0.2, 0) is 50.3 Å². The van der Waals surface area contributed by atoms with E-state index in [9.17, 15) is 33.9 Å². The van der Waals surface area contributed by atoms with Gasteiger partial charge in [-0.2, -0.15) is 0 Å². The molecular weight excluding hydrogens is 696 g/mol. The van der Waals surface area contributed by atoms with Crippen molar-refractivity contribution >= 4 is 40.5 Å². The lowest BCUT2D eigenvalue weighted by molar-refractivity contribution is -0.135. The Morgan fingerprint density at radius 3 is 2.02 bits per heavy atom. The van der Waals surface area contributed by atoms with Crippen molar-refractivity contribution in [3.63, 3.8) is 0 Å². The van der Waals surface area contributed by atoms with Gasteiger partial charge in [-0.15, -0.1) is 0 Å². The molecule has 15 nitrogen and oxygen atoms in total. The SMILES string of the molecule is Cn1c(=O)c(C(=O)NCC(=O)O)c(O)c2cc(CNC(=O)[C@@H](Cc3ccccc3)NC(=O)[C@@H](Cc3ccccc3)NC(=O)CCN3CCOCC3)ccc21. The van der Waals surface area contributed by atoms with Gasteiger partial charge < -0.3 is 40.8 Å². The number of nitrogens with zero attached hydrogens (tertiary/aromatic N) is 2. The molecular formula is C39H44N6O9. The third kappa shape index (κ3) is 10.5. The molecule has 1 saturated heterocycles. The van der Waals surface area contributed by atoms with Gasteiger partial charge >= 0.3 is 5.97 Å². The number of hydrogen-bond donors (Lipinski definition) is 6. The highest BCUT2D eigenvalue weighted by Crippen LogP contribution is 2.27. The first kappa shape index (κ1) is 39.2. The molecule has 1 aromatic heterocycles. The molecule has 0 unspecified atom stereocenters. The molecule has 15 heteroatoms. The molecule has 1 aliphatic heterocycles. The number of nitrogens with one attached hydrogen (secondary N) is 4. The Kier molecular flexibility index (Phi) is 13.5. The summed E-state index contributed by atoms with van der Waals surface area (Å²) in [5.41, 5.74) is 0.986. The fourth-order valence-corrected chi connectivity index (χ4v) is 6.19. The van der Waals surface area contributed by atoms with Crippen LogP contribution in [0.15, 0.2) is 83.7 Å². The minimum Gasteiger partial charge on any atom is -0.506 e. The zero-order valence-corrected chi connectivity index (χ0v) is 29.9. The van der Waals surface area contributed by atoms with E-state index in [1.165, 1.54) is 13.1 Å². The Hall–Kier alpha value is -6.06. The number of carboxylic acids is 1. The molecule has 0 radical (unpaired) electrons. The van der Waals surface area contributed by atoms with E-state index < -0.39 is 59.2 Å². The quantitative estimate of drug-likeness (QED) is 0.0955. The lowest BCUT2D eigenvalue weighted by Crippen LogP contribution is -2.55. The van der Waals surface area contributed by atoms with Crippen molar-refractivity contribution in [2.24, 2.45) is 7.05 Å². The number of aliphatic carboxylic acids is 1. The summed E-state index contributed by atoms with van der Waals surface area (Å²) in [6.45, 7) is 2.38. The van der Waals surface area contributed by atoms with Crippen molar-refractivity contribution in [2.45, 2.75) is 37.9 Å². The molecule has 0 aliphatic carbocycles. The number of carbonyl (C=O) groups is 5. The number of benzene rings is 3.